The molecule has 7 aromatic rings. The minimum atomic E-state index is 0.427. The molecule has 0 spiro atoms. The van der Waals surface area contributed by atoms with Gasteiger partial charge in [0.1, 0.15) is 0 Å². The van der Waals surface area contributed by atoms with Gasteiger partial charge in [0, 0.05) is 16.3 Å². The van der Waals surface area contributed by atoms with Crippen LogP contribution in [0.5, 0.6) is 0 Å². The van der Waals surface area contributed by atoms with Gasteiger partial charge in [0.2, 0.25) is 0 Å². The zero-order valence-electron chi connectivity index (χ0n) is 23.9. The topological polar surface area (TPSA) is 100 Å². The fraction of sp³-hybridized carbons (Fsp3) is 0. The first-order valence-corrected chi connectivity index (χ1v) is 14.2. The van der Waals surface area contributed by atoms with Crippen LogP contribution in [0.2, 0.25) is 0 Å². The predicted molar refractivity (Wildman–Crippen MR) is 176 cm³/mol. The second kappa shape index (κ2) is 11.1. The van der Waals surface area contributed by atoms with Crippen LogP contribution in [0.3, 0.4) is 0 Å². The van der Waals surface area contributed by atoms with Gasteiger partial charge in [0.25, 0.3) is 0 Å². The highest BCUT2D eigenvalue weighted by atomic mass is 15.0. The number of nitriles is 4. The molecule has 0 atom stereocenters. The van der Waals surface area contributed by atoms with Crippen molar-refractivity contribution in [3.63, 3.8) is 0 Å². The summed E-state index contributed by atoms with van der Waals surface area (Å²) in [6.07, 6.45) is 0. The molecule has 0 unspecified atom stereocenters. The van der Waals surface area contributed by atoms with Gasteiger partial charge in [-0.2, -0.15) is 21.0 Å². The van der Waals surface area contributed by atoms with E-state index in [9.17, 15) is 21.0 Å². The molecule has 6 aromatic carbocycles. The lowest BCUT2D eigenvalue weighted by Gasteiger charge is -2.14. The molecule has 0 radical (unpaired) electrons. The third-order valence-electron chi connectivity index (χ3n) is 8.04. The van der Waals surface area contributed by atoms with Gasteiger partial charge in [-0.05, 0) is 94.5 Å². The summed E-state index contributed by atoms with van der Waals surface area (Å²) >= 11 is 0. The zero-order chi connectivity index (χ0) is 30.9. The highest BCUT2D eigenvalue weighted by molar-refractivity contribution is 6.12. The minimum Gasteiger partial charge on any atom is -0.309 e. The Morgan fingerprint density at radius 1 is 0.378 bits per heavy atom. The van der Waals surface area contributed by atoms with Crippen molar-refractivity contribution in [2.45, 2.75) is 0 Å². The lowest BCUT2D eigenvalue weighted by Crippen LogP contribution is -1.97. The van der Waals surface area contributed by atoms with Crippen LogP contribution in [0.1, 0.15) is 22.3 Å². The van der Waals surface area contributed by atoms with Crippen LogP contribution in [-0.4, -0.2) is 4.57 Å². The molecule has 0 saturated carbocycles. The van der Waals surface area contributed by atoms with Crippen molar-refractivity contribution >= 4 is 21.8 Å². The second-order valence-electron chi connectivity index (χ2n) is 10.7. The van der Waals surface area contributed by atoms with Gasteiger partial charge in [0.15, 0.2) is 0 Å². The van der Waals surface area contributed by atoms with E-state index >= 15 is 0 Å². The Morgan fingerprint density at radius 2 is 0.822 bits per heavy atom. The van der Waals surface area contributed by atoms with Crippen molar-refractivity contribution in [1.82, 2.24) is 4.57 Å². The van der Waals surface area contributed by atoms with Gasteiger partial charge in [-0.3, -0.25) is 0 Å². The number of aromatic nitrogens is 1. The Morgan fingerprint density at radius 3 is 1.29 bits per heavy atom. The van der Waals surface area contributed by atoms with E-state index in [0.29, 0.717) is 22.3 Å². The molecular formula is C40H21N5. The van der Waals surface area contributed by atoms with Gasteiger partial charge in [-0.25, -0.2) is 0 Å². The number of benzene rings is 6. The summed E-state index contributed by atoms with van der Waals surface area (Å²) in [5, 5.41) is 40.4. The maximum atomic E-state index is 9.60. The van der Waals surface area contributed by atoms with Crippen LogP contribution < -0.4 is 0 Å². The Bertz CT molecular complexity index is 2280. The van der Waals surface area contributed by atoms with E-state index in [-0.39, 0.29) is 0 Å². The zero-order valence-corrected chi connectivity index (χ0v) is 23.9. The number of para-hydroxylation sites is 1. The molecule has 0 aliphatic rings. The minimum absolute atomic E-state index is 0.427. The molecule has 5 heteroatoms. The first kappa shape index (κ1) is 26.9. The number of rotatable bonds is 4. The van der Waals surface area contributed by atoms with Crippen LogP contribution in [0, 0.1) is 45.3 Å². The Hall–Kier alpha value is -6.92. The SMILES string of the molecule is N#Cc1cc(C#N)cc(-c2ccc3c(c2)c2cc(-c4cc(C#N)cc(C#N)c4)ccc2n3-c2ccccc2-c2ccccc2)c1. The molecule has 0 N–H and O–H groups in total. The van der Waals surface area contributed by atoms with Crippen LogP contribution in [0.15, 0.2) is 127 Å². The maximum Gasteiger partial charge on any atom is 0.0992 e. The highest BCUT2D eigenvalue weighted by Gasteiger charge is 2.18. The Balaban J connectivity index is 1.54. The summed E-state index contributed by atoms with van der Waals surface area (Å²) in [5.74, 6) is 0. The van der Waals surface area contributed by atoms with E-state index in [1.165, 1.54) is 0 Å². The smallest absolute Gasteiger partial charge is 0.0992 e. The van der Waals surface area contributed by atoms with Crippen molar-refractivity contribution in [3.8, 4) is 63.3 Å². The summed E-state index contributed by atoms with van der Waals surface area (Å²) in [7, 11) is 0. The molecule has 206 valence electrons. The fourth-order valence-electron chi connectivity index (χ4n) is 6.02. The van der Waals surface area contributed by atoms with Crippen LogP contribution in [0.25, 0.3) is 60.9 Å². The Kier molecular flexibility index (Phi) is 6.62. The molecule has 7 rings (SSSR count). The van der Waals surface area contributed by atoms with Crippen molar-refractivity contribution in [1.29, 1.82) is 21.0 Å². The van der Waals surface area contributed by atoms with Crippen molar-refractivity contribution in [2.24, 2.45) is 0 Å². The fourth-order valence-corrected chi connectivity index (χ4v) is 6.02. The standard InChI is InChI=1S/C40H21N5/c41-22-26-14-27(23-42)17-33(16-26)31-10-12-39-36(20-31)37-21-32(34-18-28(24-43)15-29(19-34)25-44)11-13-40(37)45(39)38-9-5-4-8-35(38)30-6-2-1-3-7-30/h1-21H. The summed E-state index contributed by atoms with van der Waals surface area (Å²) < 4.78 is 2.26. The highest BCUT2D eigenvalue weighted by Crippen LogP contribution is 2.40. The third kappa shape index (κ3) is 4.74. The number of nitrogens with zero attached hydrogens (tertiary/aromatic N) is 5. The van der Waals surface area contributed by atoms with E-state index in [0.717, 1.165) is 60.9 Å². The average Bonchev–Trinajstić information content (AvgIpc) is 3.44. The molecule has 5 nitrogen and oxygen atoms in total. The molecular weight excluding hydrogens is 550 g/mol. The van der Waals surface area contributed by atoms with Crippen LogP contribution >= 0.6 is 0 Å². The predicted octanol–water partition coefficient (Wildman–Crippen LogP) is 9.27. The number of fused-ring (bicyclic) bond motifs is 3. The molecule has 1 heterocycles. The van der Waals surface area contributed by atoms with Crippen molar-refractivity contribution in [2.75, 3.05) is 0 Å². The summed E-state index contributed by atoms with van der Waals surface area (Å²) in [6.45, 7) is 0. The summed E-state index contributed by atoms with van der Waals surface area (Å²) in [5.41, 5.74) is 10.3. The molecule has 1 aromatic heterocycles. The van der Waals surface area contributed by atoms with E-state index in [2.05, 4.69) is 77.4 Å². The number of hydrogen-bond acceptors (Lipinski definition) is 4. The molecule has 0 bridgehead atoms. The van der Waals surface area contributed by atoms with Crippen LogP contribution in [-0.2, 0) is 0 Å². The number of hydrogen-bond donors (Lipinski definition) is 0. The lowest BCUT2D eigenvalue weighted by molar-refractivity contribution is 1.18. The second-order valence-corrected chi connectivity index (χ2v) is 10.7. The van der Waals surface area contributed by atoms with Gasteiger partial charge in [-0.1, -0.05) is 60.7 Å². The first-order chi connectivity index (χ1) is 22.1. The van der Waals surface area contributed by atoms with Gasteiger partial charge in [0.05, 0.1) is 63.3 Å². The van der Waals surface area contributed by atoms with E-state index in [1.54, 1.807) is 36.4 Å². The van der Waals surface area contributed by atoms with Gasteiger partial charge in [-0.15, -0.1) is 0 Å². The summed E-state index contributed by atoms with van der Waals surface area (Å²) in [4.78, 5) is 0. The van der Waals surface area contributed by atoms with E-state index in [4.69, 9.17) is 0 Å². The lowest BCUT2D eigenvalue weighted by atomic mass is 9.97. The normalized spacial score (nSPS) is 10.6. The molecule has 0 aliphatic carbocycles. The van der Waals surface area contributed by atoms with E-state index in [1.807, 2.05) is 42.5 Å². The quantitative estimate of drug-likeness (QED) is 0.210. The Labute approximate surface area is 259 Å². The molecule has 45 heavy (non-hydrogen) atoms. The van der Waals surface area contributed by atoms with Crippen LogP contribution in [0.4, 0.5) is 0 Å². The maximum absolute atomic E-state index is 9.60. The first-order valence-electron chi connectivity index (χ1n) is 14.2. The third-order valence-corrected chi connectivity index (χ3v) is 8.04. The monoisotopic (exact) mass is 571 g/mol. The van der Waals surface area contributed by atoms with E-state index < -0.39 is 0 Å². The van der Waals surface area contributed by atoms with Crippen molar-refractivity contribution in [3.05, 3.63) is 150 Å². The molecule has 0 fully saturated rings. The molecule has 0 saturated heterocycles. The van der Waals surface area contributed by atoms with Gasteiger partial charge < -0.3 is 4.57 Å². The molecule has 0 aliphatic heterocycles. The average molecular weight is 572 g/mol. The largest absolute Gasteiger partial charge is 0.309 e. The molecule has 0 amide bonds. The van der Waals surface area contributed by atoms with Crippen molar-refractivity contribution < 1.29 is 0 Å². The summed E-state index contributed by atoms with van der Waals surface area (Å²) in [6, 6.07) is 50.1. The van der Waals surface area contributed by atoms with Gasteiger partial charge >= 0.3 is 0 Å².